The highest BCUT2D eigenvalue weighted by Gasteiger charge is 2.06. The van der Waals surface area contributed by atoms with Crippen molar-refractivity contribution in [2.24, 2.45) is 0 Å². The van der Waals surface area contributed by atoms with Crippen LogP contribution in [0.4, 0.5) is 0 Å². The zero-order valence-electron chi connectivity index (χ0n) is 11.6. The lowest BCUT2D eigenvalue weighted by Crippen LogP contribution is -2.22. The number of amides is 1. The van der Waals surface area contributed by atoms with Crippen molar-refractivity contribution >= 4 is 47.2 Å². The van der Waals surface area contributed by atoms with E-state index in [4.69, 9.17) is 8.92 Å². The maximum atomic E-state index is 10.9. The minimum absolute atomic E-state index is 0.00741. The van der Waals surface area contributed by atoms with Gasteiger partial charge >= 0.3 is 0 Å². The van der Waals surface area contributed by atoms with Gasteiger partial charge in [0.15, 0.2) is 0 Å². The molecule has 1 heterocycles. The number of carbonyl (C=O) groups excluding carboxylic acids is 1. The number of H-pyrrole nitrogens is 1. The van der Waals surface area contributed by atoms with E-state index >= 15 is 0 Å². The van der Waals surface area contributed by atoms with E-state index in [-0.39, 0.29) is 5.91 Å². The lowest BCUT2D eigenvalue weighted by Gasteiger charge is -2.06. The molecule has 114 valence electrons. The highest BCUT2D eigenvalue weighted by Crippen LogP contribution is 2.24. The normalized spacial score (nSPS) is 10.8. The largest absolute Gasteiger partial charge is 0.491 e. The van der Waals surface area contributed by atoms with Crippen molar-refractivity contribution in [2.45, 2.75) is 13.3 Å². The van der Waals surface area contributed by atoms with E-state index in [1.807, 2.05) is 24.4 Å². The van der Waals surface area contributed by atoms with Gasteiger partial charge in [0.1, 0.15) is 12.4 Å². The van der Waals surface area contributed by atoms with Crippen molar-refractivity contribution < 1.29 is 13.7 Å². The fourth-order valence-electron chi connectivity index (χ4n) is 2.05. The Balaban J connectivity index is 2.00. The second-order valence-corrected chi connectivity index (χ2v) is 5.93. The lowest BCUT2D eigenvalue weighted by atomic mass is 10.1. The molecular formula is C14H17IN2O3S. The summed E-state index contributed by atoms with van der Waals surface area (Å²) in [4.78, 5) is 14.1. The lowest BCUT2D eigenvalue weighted by molar-refractivity contribution is -0.118. The summed E-state index contributed by atoms with van der Waals surface area (Å²) < 4.78 is 10.8. The number of aromatic amines is 1. The second kappa shape index (κ2) is 8.50. The SMILES string of the molecule is CC(=O)NCCc1c[nH]c2ccc(OCCOSI)cc12. The third-order valence-electron chi connectivity index (χ3n) is 2.99. The zero-order chi connectivity index (χ0) is 15.1. The van der Waals surface area contributed by atoms with E-state index in [0.29, 0.717) is 19.8 Å². The molecule has 0 spiro atoms. The Morgan fingerprint density at radius 1 is 1.43 bits per heavy atom. The first-order valence-corrected chi connectivity index (χ1v) is 9.86. The van der Waals surface area contributed by atoms with Crippen molar-refractivity contribution in [3.05, 3.63) is 30.0 Å². The van der Waals surface area contributed by atoms with E-state index < -0.39 is 0 Å². The van der Waals surface area contributed by atoms with Crippen LogP contribution in [0.1, 0.15) is 12.5 Å². The number of halogens is 1. The first kappa shape index (κ1) is 16.4. The highest BCUT2D eigenvalue weighted by molar-refractivity contribution is 14.2. The van der Waals surface area contributed by atoms with Crippen LogP contribution in [-0.4, -0.2) is 30.6 Å². The monoisotopic (exact) mass is 420 g/mol. The van der Waals surface area contributed by atoms with Gasteiger partial charge in [-0.25, -0.2) is 0 Å². The van der Waals surface area contributed by atoms with E-state index in [9.17, 15) is 4.79 Å². The molecule has 1 aromatic heterocycles. The van der Waals surface area contributed by atoms with E-state index in [0.717, 1.165) is 23.1 Å². The number of benzene rings is 1. The molecule has 1 amide bonds. The quantitative estimate of drug-likeness (QED) is 0.391. The molecule has 0 bridgehead atoms. The Morgan fingerprint density at radius 2 is 2.29 bits per heavy atom. The summed E-state index contributed by atoms with van der Waals surface area (Å²) >= 11 is 2.08. The highest BCUT2D eigenvalue weighted by atomic mass is 127. The van der Waals surface area contributed by atoms with Crippen LogP contribution in [0.15, 0.2) is 24.4 Å². The topological polar surface area (TPSA) is 63.4 Å². The van der Waals surface area contributed by atoms with Gasteiger partial charge in [-0.1, -0.05) is 0 Å². The summed E-state index contributed by atoms with van der Waals surface area (Å²) in [5, 5.41) is 3.93. The van der Waals surface area contributed by atoms with E-state index in [1.165, 1.54) is 21.7 Å². The number of hydrogen-bond donors (Lipinski definition) is 2. The summed E-state index contributed by atoms with van der Waals surface area (Å²) in [6, 6.07) is 5.96. The van der Waals surface area contributed by atoms with Crippen molar-refractivity contribution in [3.8, 4) is 5.75 Å². The molecule has 0 aliphatic heterocycles. The van der Waals surface area contributed by atoms with Crippen molar-refractivity contribution in [1.29, 1.82) is 0 Å². The maximum Gasteiger partial charge on any atom is 0.216 e. The number of fused-ring (bicyclic) bond motifs is 1. The predicted octanol–water partition coefficient (Wildman–Crippen LogP) is 3.24. The number of rotatable bonds is 8. The first-order valence-electron chi connectivity index (χ1n) is 6.58. The van der Waals surface area contributed by atoms with E-state index in [2.05, 4.69) is 31.5 Å². The average molecular weight is 420 g/mol. The Kier molecular flexibility index (Phi) is 6.65. The predicted molar refractivity (Wildman–Crippen MR) is 93.7 cm³/mol. The Morgan fingerprint density at radius 3 is 3.05 bits per heavy atom. The first-order chi connectivity index (χ1) is 10.2. The molecule has 2 aromatic rings. The van der Waals surface area contributed by atoms with Gasteiger partial charge in [-0.3, -0.25) is 4.79 Å². The maximum absolute atomic E-state index is 10.9. The second-order valence-electron chi connectivity index (χ2n) is 4.49. The van der Waals surface area contributed by atoms with Gasteiger partial charge in [0.05, 0.1) is 15.8 Å². The van der Waals surface area contributed by atoms with Gasteiger partial charge in [-0.2, -0.15) is 0 Å². The minimum atomic E-state index is -0.00741. The molecule has 0 saturated carbocycles. The smallest absolute Gasteiger partial charge is 0.216 e. The van der Waals surface area contributed by atoms with Crippen LogP contribution < -0.4 is 10.1 Å². The molecule has 2 rings (SSSR count). The van der Waals surface area contributed by atoms with Gasteiger partial charge < -0.3 is 19.2 Å². The number of hydrogen-bond acceptors (Lipinski definition) is 4. The standard InChI is InChI=1S/C14H17IN2O3S/c1-10(18)16-5-4-11-9-17-14-3-2-12(8-13(11)14)19-6-7-20-21-15/h2-3,8-9,17H,4-7H2,1H3,(H,16,18). The zero-order valence-corrected chi connectivity index (χ0v) is 14.6. The van der Waals surface area contributed by atoms with Crippen molar-refractivity contribution in [3.63, 3.8) is 0 Å². The van der Waals surface area contributed by atoms with Gasteiger partial charge in [-0.15, -0.1) is 0 Å². The molecule has 2 N–H and O–H groups in total. The van der Waals surface area contributed by atoms with Crippen LogP contribution in [0, 0.1) is 0 Å². The average Bonchev–Trinajstić information content (AvgIpc) is 2.86. The fraction of sp³-hybridized carbons (Fsp3) is 0.357. The third-order valence-corrected chi connectivity index (χ3v) is 4.01. The van der Waals surface area contributed by atoms with Crippen LogP contribution in [0.2, 0.25) is 0 Å². The fourth-order valence-corrected chi connectivity index (χ4v) is 2.72. The summed E-state index contributed by atoms with van der Waals surface area (Å²) in [6.07, 6.45) is 2.77. The van der Waals surface area contributed by atoms with Crippen molar-refractivity contribution in [1.82, 2.24) is 10.3 Å². The Labute approximate surface area is 139 Å². The molecule has 0 radical (unpaired) electrons. The Bertz CT molecular complexity index is 603. The third kappa shape index (κ3) is 5.08. The summed E-state index contributed by atoms with van der Waals surface area (Å²) in [6.45, 7) is 3.23. The van der Waals surface area contributed by atoms with Crippen molar-refractivity contribution in [2.75, 3.05) is 19.8 Å². The van der Waals surface area contributed by atoms with Crippen LogP contribution in [-0.2, 0) is 15.4 Å². The van der Waals surface area contributed by atoms with Crippen LogP contribution in [0.5, 0.6) is 5.75 Å². The molecule has 1 aromatic carbocycles. The Hall–Kier alpha value is -0.930. The summed E-state index contributed by atoms with van der Waals surface area (Å²) in [5.74, 6) is 0.817. The molecule has 0 fully saturated rings. The van der Waals surface area contributed by atoms with E-state index in [1.54, 1.807) is 0 Å². The molecule has 0 aliphatic carbocycles. The summed E-state index contributed by atoms with van der Waals surface area (Å²) in [5.41, 5.74) is 2.24. The minimum Gasteiger partial charge on any atom is -0.491 e. The number of carbonyl (C=O) groups is 1. The molecule has 0 unspecified atom stereocenters. The molecule has 5 nitrogen and oxygen atoms in total. The number of ether oxygens (including phenoxy) is 1. The van der Waals surface area contributed by atoms with Gasteiger partial charge in [0.25, 0.3) is 0 Å². The van der Waals surface area contributed by atoms with Gasteiger partial charge in [0, 0.05) is 51.8 Å². The van der Waals surface area contributed by atoms with Crippen LogP contribution in [0.25, 0.3) is 10.9 Å². The molecular weight excluding hydrogens is 403 g/mol. The summed E-state index contributed by atoms with van der Waals surface area (Å²) in [7, 11) is 1.31. The van der Waals surface area contributed by atoms with Gasteiger partial charge in [0.2, 0.25) is 5.91 Å². The van der Waals surface area contributed by atoms with Gasteiger partial charge in [-0.05, 0) is 30.2 Å². The molecule has 21 heavy (non-hydrogen) atoms. The van der Waals surface area contributed by atoms with Crippen LogP contribution >= 0.6 is 30.4 Å². The number of nitrogens with one attached hydrogen (secondary N) is 2. The number of aromatic nitrogens is 1. The molecule has 0 atom stereocenters. The molecule has 0 saturated heterocycles. The van der Waals surface area contributed by atoms with Crippen LogP contribution in [0.3, 0.4) is 0 Å². The molecule has 7 heteroatoms. The molecule has 0 aliphatic rings.